The molecule has 0 aliphatic carbocycles. The summed E-state index contributed by atoms with van der Waals surface area (Å²) in [4.78, 5) is 10.4. The van der Waals surface area contributed by atoms with E-state index < -0.39 is 0 Å². The second-order valence-corrected chi connectivity index (χ2v) is 15.6. The fraction of sp³-hybridized carbons (Fsp3) is 0. The summed E-state index contributed by atoms with van der Waals surface area (Å²) in [7, 11) is 0. The van der Waals surface area contributed by atoms with Crippen LogP contribution in [0.25, 0.3) is 121 Å². The second kappa shape index (κ2) is 13.9. The van der Waals surface area contributed by atoms with E-state index in [0.29, 0.717) is 0 Å². The standard InChI is InChI=1S/C58H36N2/c1-3-14-41(15-4-1)57-58(42-16-5-2-6-17-42)60-53(36-59-57)48-35-34-43(45-20-7-8-21-46(45)48)37-28-30-38(31-29-37)44-24-13-27-52-51-26-12-19-40-33-32-39-18-11-25-49(54(39)55(40)51)47-22-9-10-23-50(47)56(44)52/h1-36H. The van der Waals surface area contributed by atoms with Crippen LogP contribution in [-0.2, 0) is 0 Å². The molecular formula is C58H36N2. The van der Waals surface area contributed by atoms with Crippen LogP contribution in [0.3, 0.4) is 0 Å². The molecule has 2 heteroatoms. The van der Waals surface area contributed by atoms with Gasteiger partial charge in [0.25, 0.3) is 0 Å². The Morgan fingerprint density at radius 2 is 0.700 bits per heavy atom. The fourth-order valence-electron chi connectivity index (χ4n) is 9.58. The van der Waals surface area contributed by atoms with Gasteiger partial charge >= 0.3 is 0 Å². The van der Waals surface area contributed by atoms with E-state index in [1.54, 1.807) is 0 Å². The van der Waals surface area contributed by atoms with Crippen molar-refractivity contribution in [3.8, 4) is 56.0 Å². The van der Waals surface area contributed by atoms with Gasteiger partial charge in [-0.3, -0.25) is 4.98 Å². The van der Waals surface area contributed by atoms with E-state index in [-0.39, 0.29) is 0 Å². The Labute approximate surface area is 347 Å². The highest BCUT2D eigenvalue weighted by atomic mass is 14.8. The Morgan fingerprint density at radius 3 is 1.35 bits per heavy atom. The minimum atomic E-state index is 0.849. The maximum absolute atomic E-state index is 5.32. The molecular weight excluding hydrogens is 725 g/mol. The molecule has 1 aromatic heterocycles. The zero-order chi connectivity index (χ0) is 39.6. The van der Waals surface area contributed by atoms with Crippen molar-refractivity contribution in [3.05, 3.63) is 219 Å². The van der Waals surface area contributed by atoms with Gasteiger partial charge in [0.2, 0.25) is 0 Å². The number of benzene rings is 10. The number of hydrogen-bond donors (Lipinski definition) is 0. The number of rotatable bonds is 5. The first-order valence-electron chi connectivity index (χ1n) is 20.6. The second-order valence-electron chi connectivity index (χ2n) is 15.6. The molecule has 0 amide bonds. The molecule has 12 rings (SSSR count). The highest BCUT2D eigenvalue weighted by molar-refractivity contribution is 6.34. The SMILES string of the molecule is c1ccc(-c2ncc(-c3ccc(-c4ccc(-c5cccc6c7cccc8ccc9cccc(c%10ccccc%10c56)c9c87)cc4)c4ccccc34)nc2-c2ccccc2)cc1. The summed E-state index contributed by atoms with van der Waals surface area (Å²) in [6.07, 6.45) is 1.92. The lowest BCUT2D eigenvalue weighted by Gasteiger charge is -2.16. The number of nitrogens with zero attached hydrogens (tertiary/aromatic N) is 2. The molecule has 60 heavy (non-hydrogen) atoms. The number of fused-ring (bicyclic) bond motifs is 6. The molecule has 0 spiro atoms. The van der Waals surface area contributed by atoms with Gasteiger partial charge in [-0.1, -0.05) is 212 Å². The van der Waals surface area contributed by atoms with E-state index in [0.717, 1.165) is 39.2 Å². The highest BCUT2D eigenvalue weighted by Crippen LogP contribution is 2.44. The fourth-order valence-corrected chi connectivity index (χ4v) is 9.58. The van der Waals surface area contributed by atoms with E-state index in [4.69, 9.17) is 9.97 Å². The van der Waals surface area contributed by atoms with E-state index in [9.17, 15) is 0 Å². The topological polar surface area (TPSA) is 25.8 Å². The summed E-state index contributed by atoms with van der Waals surface area (Å²) >= 11 is 0. The molecule has 11 aromatic carbocycles. The number of hydrogen-bond acceptors (Lipinski definition) is 2. The molecule has 12 aromatic rings. The molecule has 0 N–H and O–H groups in total. The average Bonchev–Trinajstić information content (AvgIpc) is 3.33. The van der Waals surface area contributed by atoms with Crippen molar-refractivity contribution in [2.24, 2.45) is 0 Å². The highest BCUT2D eigenvalue weighted by Gasteiger charge is 2.18. The van der Waals surface area contributed by atoms with Gasteiger partial charge in [-0.25, -0.2) is 4.98 Å². The maximum atomic E-state index is 5.32. The van der Waals surface area contributed by atoms with Crippen LogP contribution >= 0.6 is 0 Å². The van der Waals surface area contributed by atoms with E-state index in [1.807, 2.05) is 30.5 Å². The Morgan fingerprint density at radius 1 is 0.250 bits per heavy atom. The Balaban J connectivity index is 1.01. The summed E-state index contributed by atoms with van der Waals surface area (Å²) in [6.45, 7) is 0. The summed E-state index contributed by atoms with van der Waals surface area (Å²) in [5, 5.41) is 15.1. The van der Waals surface area contributed by atoms with Crippen LogP contribution < -0.4 is 0 Å². The van der Waals surface area contributed by atoms with Crippen LogP contribution in [0.15, 0.2) is 219 Å². The van der Waals surface area contributed by atoms with Crippen molar-refractivity contribution in [2.75, 3.05) is 0 Å². The van der Waals surface area contributed by atoms with Gasteiger partial charge in [-0.05, 0) is 86.9 Å². The molecule has 0 unspecified atom stereocenters. The molecule has 0 radical (unpaired) electrons. The lowest BCUT2D eigenvalue weighted by atomic mass is 9.87. The molecule has 1 heterocycles. The summed E-state index contributed by atoms with van der Waals surface area (Å²) < 4.78 is 0. The van der Waals surface area contributed by atoms with Gasteiger partial charge in [0.15, 0.2) is 0 Å². The van der Waals surface area contributed by atoms with Gasteiger partial charge in [0.1, 0.15) is 0 Å². The normalized spacial score (nSPS) is 11.7. The zero-order valence-electron chi connectivity index (χ0n) is 32.7. The third kappa shape index (κ3) is 5.42. The quantitative estimate of drug-likeness (QED) is 0.163. The third-order valence-electron chi connectivity index (χ3n) is 12.3. The predicted molar refractivity (Wildman–Crippen MR) is 254 cm³/mol. The van der Waals surface area contributed by atoms with Crippen LogP contribution in [0.5, 0.6) is 0 Å². The minimum absolute atomic E-state index is 0.849. The molecule has 0 aliphatic heterocycles. The summed E-state index contributed by atoms with van der Waals surface area (Å²) in [5.41, 5.74) is 10.5. The first-order valence-corrected chi connectivity index (χ1v) is 20.6. The Bertz CT molecular complexity index is 3630. The summed E-state index contributed by atoms with van der Waals surface area (Å²) in [6, 6.07) is 76.8. The van der Waals surface area contributed by atoms with Crippen LogP contribution in [0.1, 0.15) is 0 Å². The van der Waals surface area contributed by atoms with Crippen LogP contribution in [-0.4, -0.2) is 9.97 Å². The maximum Gasteiger partial charge on any atom is 0.0972 e. The lowest BCUT2D eigenvalue weighted by molar-refractivity contribution is 1.21. The molecule has 0 bridgehead atoms. The van der Waals surface area contributed by atoms with Crippen molar-refractivity contribution in [1.29, 1.82) is 0 Å². The Kier molecular flexibility index (Phi) is 7.89. The monoisotopic (exact) mass is 760 g/mol. The van der Waals surface area contributed by atoms with Gasteiger partial charge < -0.3 is 0 Å². The van der Waals surface area contributed by atoms with Crippen LogP contribution in [0, 0.1) is 0 Å². The van der Waals surface area contributed by atoms with Crippen molar-refractivity contribution < 1.29 is 0 Å². The average molecular weight is 761 g/mol. The first-order chi connectivity index (χ1) is 29.8. The van der Waals surface area contributed by atoms with E-state index >= 15 is 0 Å². The van der Waals surface area contributed by atoms with Crippen molar-refractivity contribution in [2.45, 2.75) is 0 Å². The van der Waals surface area contributed by atoms with Crippen molar-refractivity contribution >= 4 is 64.6 Å². The van der Waals surface area contributed by atoms with Gasteiger partial charge in [0, 0.05) is 16.7 Å². The minimum Gasteiger partial charge on any atom is -0.252 e. The molecule has 0 atom stereocenters. The van der Waals surface area contributed by atoms with Crippen LogP contribution in [0.4, 0.5) is 0 Å². The molecule has 0 fully saturated rings. The predicted octanol–water partition coefficient (Wildman–Crippen LogP) is 15.7. The van der Waals surface area contributed by atoms with Crippen molar-refractivity contribution in [3.63, 3.8) is 0 Å². The summed E-state index contributed by atoms with van der Waals surface area (Å²) in [5.74, 6) is 0. The van der Waals surface area contributed by atoms with E-state index in [1.165, 1.54) is 81.5 Å². The third-order valence-corrected chi connectivity index (χ3v) is 12.3. The molecule has 0 saturated heterocycles. The molecule has 278 valence electrons. The first kappa shape index (κ1) is 34.1. The van der Waals surface area contributed by atoms with Crippen molar-refractivity contribution in [1.82, 2.24) is 9.97 Å². The lowest BCUT2D eigenvalue weighted by Crippen LogP contribution is -1.97. The molecule has 0 saturated carbocycles. The smallest absolute Gasteiger partial charge is 0.0972 e. The largest absolute Gasteiger partial charge is 0.252 e. The van der Waals surface area contributed by atoms with Gasteiger partial charge in [-0.15, -0.1) is 0 Å². The van der Waals surface area contributed by atoms with Gasteiger partial charge in [0.05, 0.1) is 23.3 Å². The molecule has 0 aliphatic rings. The van der Waals surface area contributed by atoms with Crippen LogP contribution in [0.2, 0.25) is 0 Å². The molecule has 2 nitrogen and oxygen atoms in total. The number of aromatic nitrogens is 2. The van der Waals surface area contributed by atoms with Gasteiger partial charge in [-0.2, -0.15) is 0 Å². The van der Waals surface area contributed by atoms with E-state index in [2.05, 4.69) is 188 Å². The Hall–Kier alpha value is -7.94. The zero-order valence-corrected chi connectivity index (χ0v) is 32.7.